The van der Waals surface area contributed by atoms with Crippen molar-refractivity contribution in [2.24, 2.45) is 28.6 Å². The van der Waals surface area contributed by atoms with Crippen LogP contribution in [-0.4, -0.2) is 69.5 Å². The Kier molecular flexibility index (Phi) is 5.31. The second-order valence-electron chi connectivity index (χ2n) is 11.1. The van der Waals surface area contributed by atoms with Crippen LogP contribution in [-0.2, 0) is 23.9 Å². The highest BCUT2D eigenvalue weighted by atomic mass is 16.7. The summed E-state index contributed by atoms with van der Waals surface area (Å²) in [5, 5.41) is 32.4. The van der Waals surface area contributed by atoms with Crippen LogP contribution in [0.25, 0.3) is 0 Å². The van der Waals surface area contributed by atoms with Crippen molar-refractivity contribution >= 4 is 17.3 Å². The van der Waals surface area contributed by atoms with E-state index in [-0.39, 0.29) is 36.7 Å². The molecule has 0 aromatic heterocycles. The van der Waals surface area contributed by atoms with Crippen molar-refractivity contribution in [1.29, 1.82) is 0 Å². The Morgan fingerprint density at radius 1 is 1.24 bits per heavy atom. The van der Waals surface area contributed by atoms with Crippen LogP contribution in [0.5, 0.6) is 0 Å². The number of ether oxygens (including phenoxy) is 2. The van der Waals surface area contributed by atoms with Crippen LogP contribution in [0.15, 0.2) is 11.6 Å². The Labute approximate surface area is 193 Å². The smallest absolute Gasteiger partial charge is 0.193 e. The number of fused-ring (bicyclic) bond motifs is 7. The van der Waals surface area contributed by atoms with E-state index in [1.807, 2.05) is 20.8 Å². The van der Waals surface area contributed by atoms with Gasteiger partial charge in [0.25, 0.3) is 0 Å². The maximum Gasteiger partial charge on any atom is 0.193 e. The molecule has 0 aromatic rings. The van der Waals surface area contributed by atoms with Crippen LogP contribution in [0, 0.1) is 28.6 Å². The normalized spacial score (nSPS) is 50.8. The zero-order chi connectivity index (χ0) is 23.9. The second kappa shape index (κ2) is 7.52. The van der Waals surface area contributed by atoms with Gasteiger partial charge in [0.1, 0.15) is 12.4 Å². The van der Waals surface area contributed by atoms with Gasteiger partial charge >= 0.3 is 0 Å². The molecule has 0 bridgehead atoms. The zero-order valence-electron chi connectivity index (χ0n) is 19.5. The predicted octanol–water partition coefficient (Wildman–Crippen LogP) is 1.09. The molecule has 5 rings (SSSR count). The molecule has 4 aliphatic carbocycles. The van der Waals surface area contributed by atoms with E-state index < -0.39 is 65.3 Å². The highest BCUT2D eigenvalue weighted by Gasteiger charge is 2.77. The van der Waals surface area contributed by atoms with Crippen LogP contribution in [0.1, 0.15) is 59.3 Å². The van der Waals surface area contributed by atoms with Gasteiger partial charge in [-0.15, -0.1) is 0 Å². The number of hydrogen-bond acceptors (Lipinski definition) is 8. The van der Waals surface area contributed by atoms with Crippen molar-refractivity contribution < 1.29 is 39.2 Å². The third-order valence-electron chi connectivity index (χ3n) is 9.71. The van der Waals surface area contributed by atoms with Gasteiger partial charge in [-0.2, -0.15) is 0 Å². The molecule has 182 valence electrons. The minimum atomic E-state index is -1.42. The number of hydrogen-bond donors (Lipinski definition) is 3. The molecule has 0 amide bonds. The number of carbonyl (C=O) groups is 3. The highest BCUT2D eigenvalue weighted by Crippen LogP contribution is 2.69. The molecule has 0 radical (unpaired) electrons. The molecule has 0 spiro atoms. The summed E-state index contributed by atoms with van der Waals surface area (Å²) in [6.07, 6.45) is 0.336. The number of Topliss-reactive ketones (excluding diaryl/α,β-unsaturated/α-hetero) is 2. The Balaban J connectivity index is 1.60. The number of rotatable bonds is 4. The summed E-state index contributed by atoms with van der Waals surface area (Å²) in [6, 6.07) is 0. The van der Waals surface area contributed by atoms with Crippen molar-refractivity contribution in [2.75, 3.05) is 6.61 Å². The molecule has 1 heterocycles. The van der Waals surface area contributed by atoms with E-state index in [4.69, 9.17) is 9.47 Å². The monoisotopic (exact) mass is 462 g/mol. The largest absolute Gasteiger partial charge is 0.393 e. The van der Waals surface area contributed by atoms with Crippen molar-refractivity contribution in [1.82, 2.24) is 0 Å². The van der Waals surface area contributed by atoms with Crippen LogP contribution < -0.4 is 0 Å². The summed E-state index contributed by atoms with van der Waals surface area (Å²) in [7, 11) is 0. The standard InChI is InChI=1S/C25H34O8/c1-4-5-20-32-19-9-14-21-15(28)7-12-6-13(27)8-17(30)24(12,3)22(21)16(29)10-23(14,2)25(19,33-20)18(31)11-26/h6,14,16-17,19-22,26,29-30H,4-5,7-11H2,1-3H3/t14-,16-,17?,19+,20?,21+,22-,23-,24+,25+/m0/s1. The Bertz CT molecular complexity index is 927. The van der Waals surface area contributed by atoms with Gasteiger partial charge < -0.3 is 24.8 Å². The first-order valence-electron chi connectivity index (χ1n) is 12.1. The highest BCUT2D eigenvalue weighted by molar-refractivity contribution is 5.96. The number of carbonyl (C=O) groups excluding carboxylic acids is 3. The summed E-state index contributed by atoms with van der Waals surface area (Å²) in [5.74, 6) is -2.25. The molecule has 2 unspecified atom stereocenters. The van der Waals surface area contributed by atoms with Crippen molar-refractivity contribution in [2.45, 2.75) is 89.5 Å². The summed E-state index contributed by atoms with van der Waals surface area (Å²) in [5.41, 5.74) is -2.64. The molecule has 5 aliphatic rings. The molecular formula is C25H34O8. The fourth-order valence-corrected chi connectivity index (χ4v) is 8.23. The SMILES string of the molecule is CCCC1O[C@@H]2C[C@H]3[C@@H]4C(=O)CC5=CC(=O)CC(O)[C@]5(C)[C@H]4[C@@H](O)C[C@]3(C)[C@]2(C(=O)CO)O1. The van der Waals surface area contributed by atoms with Crippen LogP contribution in [0.2, 0.25) is 0 Å². The van der Waals surface area contributed by atoms with Gasteiger partial charge in [-0.3, -0.25) is 14.4 Å². The van der Waals surface area contributed by atoms with E-state index in [0.29, 0.717) is 18.4 Å². The summed E-state index contributed by atoms with van der Waals surface area (Å²) < 4.78 is 12.5. The van der Waals surface area contributed by atoms with Gasteiger partial charge in [0.05, 0.1) is 18.3 Å². The van der Waals surface area contributed by atoms with E-state index in [0.717, 1.165) is 6.42 Å². The summed E-state index contributed by atoms with van der Waals surface area (Å²) in [4.78, 5) is 38.9. The minimum Gasteiger partial charge on any atom is -0.393 e. The maximum absolute atomic E-state index is 13.5. The van der Waals surface area contributed by atoms with E-state index in [2.05, 4.69) is 0 Å². The van der Waals surface area contributed by atoms with Gasteiger partial charge in [-0.25, -0.2) is 0 Å². The Hall–Kier alpha value is -1.45. The lowest BCUT2D eigenvalue weighted by atomic mass is 9.44. The first kappa shape index (κ1) is 23.3. The van der Waals surface area contributed by atoms with Gasteiger partial charge in [-0.05, 0) is 31.3 Å². The molecule has 33 heavy (non-hydrogen) atoms. The van der Waals surface area contributed by atoms with E-state index in [1.54, 1.807) is 0 Å². The summed E-state index contributed by atoms with van der Waals surface area (Å²) >= 11 is 0. The zero-order valence-corrected chi connectivity index (χ0v) is 19.5. The molecule has 3 N–H and O–H groups in total. The first-order valence-corrected chi connectivity index (χ1v) is 12.1. The van der Waals surface area contributed by atoms with Crippen LogP contribution in [0.4, 0.5) is 0 Å². The van der Waals surface area contributed by atoms with Gasteiger partial charge in [0.2, 0.25) is 0 Å². The fraction of sp³-hybridized carbons (Fsp3) is 0.800. The number of ketones is 3. The second-order valence-corrected chi connectivity index (χ2v) is 11.1. The molecule has 1 aliphatic heterocycles. The summed E-state index contributed by atoms with van der Waals surface area (Å²) in [6.45, 7) is 5.02. The Morgan fingerprint density at radius 3 is 2.64 bits per heavy atom. The maximum atomic E-state index is 13.5. The van der Waals surface area contributed by atoms with Gasteiger partial charge in [0, 0.05) is 35.5 Å². The van der Waals surface area contributed by atoms with Crippen molar-refractivity contribution in [3.05, 3.63) is 11.6 Å². The fourth-order valence-electron chi connectivity index (χ4n) is 8.23. The molecule has 3 saturated carbocycles. The van der Waals surface area contributed by atoms with E-state index in [9.17, 15) is 29.7 Å². The van der Waals surface area contributed by atoms with Crippen LogP contribution >= 0.6 is 0 Å². The topological polar surface area (TPSA) is 130 Å². The number of aliphatic hydroxyl groups excluding tert-OH is 3. The average molecular weight is 463 g/mol. The van der Waals surface area contributed by atoms with Gasteiger partial charge in [-0.1, -0.05) is 32.8 Å². The molecule has 0 aromatic carbocycles. The van der Waals surface area contributed by atoms with Crippen LogP contribution in [0.3, 0.4) is 0 Å². The lowest BCUT2D eigenvalue weighted by molar-refractivity contribution is -0.208. The molecule has 10 atom stereocenters. The van der Waals surface area contributed by atoms with Gasteiger partial charge in [0.15, 0.2) is 23.5 Å². The quantitative estimate of drug-likeness (QED) is 0.566. The first-order chi connectivity index (χ1) is 15.5. The van der Waals surface area contributed by atoms with Crippen molar-refractivity contribution in [3.8, 4) is 0 Å². The number of aliphatic hydroxyl groups is 3. The van der Waals surface area contributed by atoms with E-state index in [1.165, 1.54) is 6.08 Å². The van der Waals surface area contributed by atoms with Crippen molar-refractivity contribution in [3.63, 3.8) is 0 Å². The molecule has 4 fully saturated rings. The predicted molar refractivity (Wildman–Crippen MR) is 115 cm³/mol. The molecule has 8 heteroatoms. The third kappa shape index (κ3) is 2.79. The third-order valence-corrected chi connectivity index (χ3v) is 9.71. The van der Waals surface area contributed by atoms with E-state index >= 15 is 0 Å². The lowest BCUT2D eigenvalue weighted by Crippen LogP contribution is -2.66. The molecular weight excluding hydrogens is 428 g/mol. The molecule has 1 saturated heterocycles. The lowest BCUT2D eigenvalue weighted by Gasteiger charge is -2.60. The molecule has 8 nitrogen and oxygen atoms in total. The average Bonchev–Trinajstić information content (AvgIpc) is 3.22. The Morgan fingerprint density at radius 2 is 1.97 bits per heavy atom. The minimum absolute atomic E-state index is 0.0352.